The van der Waals surface area contributed by atoms with Crippen molar-refractivity contribution in [3.8, 4) is 16.9 Å². The largest absolute Gasteiger partial charge is 0.310 e. The fourth-order valence-corrected chi connectivity index (χ4v) is 4.41. The van der Waals surface area contributed by atoms with Gasteiger partial charge in [-0.1, -0.05) is 47.7 Å². The van der Waals surface area contributed by atoms with Crippen molar-refractivity contribution in [2.45, 2.75) is 37.9 Å². The van der Waals surface area contributed by atoms with Gasteiger partial charge in [0.15, 0.2) is 5.16 Å². The van der Waals surface area contributed by atoms with E-state index in [0.29, 0.717) is 11.9 Å². The molecule has 0 unspecified atom stereocenters. The molecule has 0 saturated heterocycles. The Hall–Kier alpha value is -3.39. The number of nitrogens with zero attached hydrogens (tertiary/aromatic N) is 5. The molecule has 4 aromatic rings. The second-order valence-electron chi connectivity index (χ2n) is 8.07. The van der Waals surface area contributed by atoms with Crippen LogP contribution >= 0.6 is 11.8 Å². The SMILES string of the molecule is Cc1ccc(C)c(-c2cc(NC(=O)CSc3nncn3C3CC3)n(-c3ccccc3)n2)c1. The van der Waals surface area contributed by atoms with E-state index in [-0.39, 0.29) is 11.7 Å². The average molecular weight is 445 g/mol. The van der Waals surface area contributed by atoms with Crippen LogP contribution in [0.25, 0.3) is 16.9 Å². The van der Waals surface area contributed by atoms with Crippen LogP contribution < -0.4 is 5.32 Å². The molecule has 2 aromatic heterocycles. The Bertz CT molecular complexity index is 1260. The molecule has 162 valence electrons. The van der Waals surface area contributed by atoms with Crippen molar-refractivity contribution in [3.05, 3.63) is 72.1 Å². The predicted octanol–water partition coefficient (Wildman–Crippen LogP) is 4.81. The number of rotatable bonds is 7. The second kappa shape index (κ2) is 8.63. The highest BCUT2D eigenvalue weighted by Gasteiger charge is 2.26. The van der Waals surface area contributed by atoms with Crippen LogP contribution in [0.1, 0.15) is 30.0 Å². The van der Waals surface area contributed by atoms with Crippen LogP contribution in [0.2, 0.25) is 0 Å². The van der Waals surface area contributed by atoms with E-state index in [1.54, 1.807) is 11.0 Å². The molecule has 0 atom stereocenters. The summed E-state index contributed by atoms with van der Waals surface area (Å²) in [4.78, 5) is 12.8. The highest BCUT2D eigenvalue weighted by atomic mass is 32.2. The summed E-state index contributed by atoms with van der Waals surface area (Å²) in [6.45, 7) is 4.14. The van der Waals surface area contributed by atoms with Gasteiger partial charge in [0, 0.05) is 17.7 Å². The first-order valence-electron chi connectivity index (χ1n) is 10.6. The van der Waals surface area contributed by atoms with E-state index in [1.165, 1.54) is 17.3 Å². The van der Waals surface area contributed by atoms with Crippen molar-refractivity contribution in [1.29, 1.82) is 0 Å². The first-order valence-corrected chi connectivity index (χ1v) is 11.6. The minimum absolute atomic E-state index is 0.107. The number of anilines is 1. The lowest BCUT2D eigenvalue weighted by Crippen LogP contribution is -2.17. The molecule has 1 N–H and O–H groups in total. The zero-order valence-corrected chi connectivity index (χ0v) is 18.8. The average Bonchev–Trinajstić information content (AvgIpc) is 3.39. The molecule has 32 heavy (non-hydrogen) atoms. The molecule has 1 fully saturated rings. The minimum Gasteiger partial charge on any atom is -0.310 e. The fraction of sp³-hybridized carbons (Fsp3) is 0.250. The summed E-state index contributed by atoms with van der Waals surface area (Å²) < 4.78 is 3.84. The monoisotopic (exact) mass is 444 g/mol. The zero-order chi connectivity index (χ0) is 22.1. The van der Waals surface area contributed by atoms with Gasteiger partial charge < -0.3 is 9.88 Å². The van der Waals surface area contributed by atoms with E-state index in [1.807, 2.05) is 36.4 Å². The third kappa shape index (κ3) is 4.31. The number of carbonyl (C=O) groups is 1. The Balaban J connectivity index is 1.40. The molecule has 1 aliphatic carbocycles. The number of thioether (sulfide) groups is 1. The number of amides is 1. The summed E-state index contributed by atoms with van der Waals surface area (Å²) in [7, 11) is 0. The maximum Gasteiger partial charge on any atom is 0.236 e. The Morgan fingerprint density at radius 2 is 1.94 bits per heavy atom. The van der Waals surface area contributed by atoms with Gasteiger partial charge in [-0.25, -0.2) is 4.68 Å². The third-order valence-electron chi connectivity index (χ3n) is 5.46. The number of carbonyl (C=O) groups excluding carboxylic acids is 1. The van der Waals surface area contributed by atoms with Crippen molar-refractivity contribution >= 4 is 23.5 Å². The first kappa shape index (κ1) is 20.5. The molecule has 1 aliphatic rings. The maximum absolute atomic E-state index is 12.8. The second-order valence-corrected chi connectivity index (χ2v) is 9.01. The lowest BCUT2D eigenvalue weighted by molar-refractivity contribution is -0.113. The van der Waals surface area contributed by atoms with E-state index in [2.05, 4.69) is 52.1 Å². The molecular formula is C24H24N6OS. The van der Waals surface area contributed by atoms with Crippen LogP contribution in [-0.2, 0) is 4.79 Å². The Kier molecular flexibility index (Phi) is 5.53. The number of aryl methyl sites for hydroxylation is 2. The summed E-state index contributed by atoms with van der Waals surface area (Å²) >= 11 is 1.41. The molecule has 1 amide bonds. The molecule has 2 heterocycles. The van der Waals surface area contributed by atoms with Crippen LogP contribution in [0, 0.1) is 13.8 Å². The molecule has 0 aliphatic heterocycles. The van der Waals surface area contributed by atoms with Gasteiger partial charge in [-0.3, -0.25) is 4.79 Å². The van der Waals surface area contributed by atoms with Crippen molar-refractivity contribution in [2.75, 3.05) is 11.1 Å². The molecule has 0 bridgehead atoms. The van der Waals surface area contributed by atoms with Gasteiger partial charge in [0.05, 0.1) is 17.1 Å². The Labute approximate surface area is 190 Å². The van der Waals surface area contributed by atoms with Crippen molar-refractivity contribution in [1.82, 2.24) is 24.5 Å². The van der Waals surface area contributed by atoms with Crippen molar-refractivity contribution < 1.29 is 4.79 Å². The smallest absolute Gasteiger partial charge is 0.236 e. The minimum atomic E-state index is -0.107. The van der Waals surface area contributed by atoms with Gasteiger partial charge >= 0.3 is 0 Å². The lowest BCUT2D eigenvalue weighted by Gasteiger charge is -2.09. The van der Waals surface area contributed by atoms with Gasteiger partial charge in [0.1, 0.15) is 12.1 Å². The van der Waals surface area contributed by atoms with Crippen LogP contribution in [0.5, 0.6) is 0 Å². The maximum atomic E-state index is 12.8. The zero-order valence-electron chi connectivity index (χ0n) is 18.0. The van der Waals surface area contributed by atoms with Gasteiger partial charge in [-0.2, -0.15) is 5.10 Å². The quantitative estimate of drug-likeness (QED) is 0.414. The van der Waals surface area contributed by atoms with Crippen molar-refractivity contribution in [2.24, 2.45) is 0 Å². The molecule has 7 nitrogen and oxygen atoms in total. The van der Waals surface area contributed by atoms with Gasteiger partial charge in [0.25, 0.3) is 0 Å². The highest BCUT2D eigenvalue weighted by molar-refractivity contribution is 7.99. The molecule has 2 aromatic carbocycles. The first-order chi connectivity index (χ1) is 15.6. The van der Waals surface area contributed by atoms with Crippen LogP contribution in [0.4, 0.5) is 5.82 Å². The topological polar surface area (TPSA) is 77.6 Å². The molecule has 8 heteroatoms. The van der Waals surface area contributed by atoms with E-state index in [0.717, 1.165) is 40.5 Å². The summed E-state index contributed by atoms with van der Waals surface area (Å²) in [6, 6.07) is 18.6. The van der Waals surface area contributed by atoms with Gasteiger partial charge in [-0.05, 0) is 50.5 Å². The molecule has 5 rings (SSSR count). The summed E-state index contributed by atoms with van der Waals surface area (Å²) in [5.41, 5.74) is 5.08. The standard InChI is InChI=1S/C24H24N6OS/c1-16-8-9-17(2)20(12-16)21-13-22(30(28-21)19-6-4-3-5-7-19)26-23(31)14-32-24-27-25-15-29(24)18-10-11-18/h3-9,12-13,15,18H,10-11,14H2,1-2H3,(H,26,31). The number of benzene rings is 2. The van der Waals surface area contributed by atoms with E-state index in [4.69, 9.17) is 5.10 Å². The number of nitrogens with one attached hydrogen (secondary N) is 1. The Morgan fingerprint density at radius 1 is 1.12 bits per heavy atom. The summed E-state index contributed by atoms with van der Waals surface area (Å²) in [5.74, 6) is 0.788. The van der Waals surface area contributed by atoms with E-state index in [9.17, 15) is 4.79 Å². The Morgan fingerprint density at radius 3 is 2.72 bits per heavy atom. The fourth-order valence-electron chi connectivity index (χ4n) is 3.63. The third-order valence-corrected chi connectivity index (χ3v) is 6.42. The number of hydrogen-bond donors (Lipinski definition) is 1. The van der Waals surface area contributed by atoms with Crippen molar-refractivity contribution in [3.63, 3.8) is 0 Å². The number of para-hydroxylation sites is 1. The van der Waals surface area contributed by atoms with Crippen LogP contribution in [-0.4, -0.2) is 36.2 Å². The molecular weight excluding hydrogens is 420 g/mol. The number of hydrogen-bond acceptors (Lipinski definition) is 5. The lowest BCUT2D eigenvalue weighted by atomic mass is 10.0. The van der Waals surface area contributed by atoms with E-state index >= 15 is 0 Å². The molecule has 0 spiro atoms. The van der Waals surface area contributed by atoms with Gasteiger partial charge in [0.2, 0.25) is 5.91 Å². The molecule has 1 saturated carbocycles. The van der Waals surface area contributed by atoms with Crippen LogP contribution in [0.15, 0.2) is 66.1 Å². The van der Waals surface area contributed by atoms with E-state index < -0.39 is 0 Å². The summed E-state index contributed by atoms with van der Waals surface area (Å²) in [6.07, 6.45) is 4.04. The summed E-state index contributed by atoms with van der Waals surface area (Å²) in [5, 5.41) is 16.8. The van der Waals surface area contributed by atoms with Crippen LogP contribution in [0.3, 0.4) is 0 Å². The number of aromatic nitrogens is 5. The predicted molar refractivity (Wildman–Crippen MR) is 126 cm³/mol. The highest BCUT2D eigenvalue weighted by Crippen LogP contribution is 2.37. The normalized spacial score (nSPS) is 13.3. The molecule has 0 radical (unpaired) electrons. The van der Waals surface area contributed by atoms with Gasteiger partial charge in [-0.15, -0.1) is 10.2 Å².